The van der Waals surface area contributed by atoms with E-state index in [1.54, 1.807) is 0 Å². The van der Waals surface area contributed by atoms with Crippen molar-refractivity contribution in [1.82, 2.24) is 20.0 Å². The highest BCUT2D eigenvalue weighted by atomic mass is 16.5. The Balaban J connectivity index is 1.39. The van der Waals surface area contributed by atoms with Crippen LogP contribution in [0.3, 0.4) is 0 Å². The summed E-state index contributed by atoms with van der Waals surface area (Å²) in [5, 5.41) is 7.84. The molecular weight excluding hydrogens is 316 g/mol. The fraction of sp³-hybridized carbons (Fsp3) is 0.789. The molecule has 25 heavy (non-hydrogen) atoms. The molecule has 2 atom stereocenters. The number of hydrogen-bond donors (Lipinski definition) is 1. The van der Waals surface area contributed by atoms with E-state index in [0.717, 1.165) is 58.4 Å². The third-order valence-corrected chi connectivity index (χ3v) is 6.48. The molecule has 6 heteroatoms. The number of nitrogens with zero attached hydrogens (tertiary/aromatic N) is 3. The van der Waals surface area contributed by atoms with Gasteiger partial charge in [0.15, 0.2) is 0 Å². The average Bonchev–Trinajstić information content (AvgIpc) is 3.23. The number of carbonyl (C=O) groups is 1. The van der Waals surface area contributed by atoms with E-state index in [1.165, 1.54) is 18.4 Å². The van der Waals surface area contributed by atoms with Crippen LogP contribution in [0.25, 0.3) is 0 Å². The minimum Gasteiger partial charge on any atom is -0.381 e. The maximum absolute atomic E-state index is 12.9. The van der Waals surface area contributed by atoms with Gasteiger partial charge in [0.1, 0.15) is 0 Å². The first-order valence-electron chi connectivity index (χ1n) is 9.80. The minimum atomic E-state index is 0.117. The molecule has 1 aromatic rings. The van der Waals surface area contributed by atoms with E-state index in [4.69, 9.17) is 4.74 Å². The van der Waals surface area contributed by atoms with E-state index >= 15 is 0 Å². The van der Waals surface area contributed by atoms with Gasteiger partial charge in [-0.3, -0.25) is 4.68 Å². The first kappa shape index (κ1) is 16.9. The van der Waals surface area contributed by atoms with Gasteiger partial charge >= 0.3 is 6.03 Å². The van der Waals surface area contributed by atoms with Crippen LogP contribution < -0.4 is 5.32 Å². The number of urea groups is 1. The Morgan fingerprint density at radius 3 is 2.88 bits per heavy atom. The largest absolute Gasteiger partial charge is 0.381 e. The van der Waals surface area contributed by atoms with E-state index < -0.39 is 0 Å². The first-order chi connectivity index (χ1) is 12.2. The van der Waals surface area contributed by atoms with Crippen molar-refractivity contribution in [3.63, 3.8) is 0 Å². The number of piperidine rings is 1. The number of carbonyl (C=O) groups excluding carboxylic acids is 1. The highest BCUT2D eigenvalue weighted by Crippen LogP contribution is 2.46. The van der Waals surface area contributed by atoms with E-state index in [-0.39, 0.29) is 11.4 Å². The number of rotatable bonds is 2. The first-order valence-corrected chi connectivity index (χ1v) is 9.80. The second-order valence-electron chi connectivity index (χ2n) is 8.11. The van der Waals surface area contributed by atoms with E-state index in [9.17, 15) is 4.79 Å². The van der Waals surface area contributed by atoms with Crippen molar-refractivity contribution in [3.05, 3.63) is 18.0 Å². The summed E-state index contributed by atoms with van der Waals surface area (Å²) in [6.45, 7) is 5.36. The molecule has 0 radical (unpaired) electrons. The maximum Gasteiger partial charge on any atom is 0.317 e. The number of aromatic nitrogens is 2. The van der Waals surface area contributed by atoms with Crippen LogP contribution in [0.4, 0.5) is 4.79 Å². The van der Waals surface area contributed by atoms with Gasteiger partial charge in [-0.1, -0.05) is 6.42 Å². The molecule has 1 spiro atoms. The molecule has 4 rings (SSSR count). The lowest BCUT2D eigenvalue weighted by Gasteiger charge is -2.40. The smallest absolute Gasteiger partial charge is 0.317 e. The number of aryl methyl sites for hydroxylation is 1. The molecule has 1 saturated carbocycles. The van der Waals surface area contributed by atoms with Gasteiger partial charge in [-0.2, -0.15) is 5.10 Å². The fourth-order valence-electron chi connectivity index (χ4n) is 4.97. The molecule has 2 saturated heterocycles. The van der Waals surface area contributed by atoms with Gasteiger partial charge in [0.05, 0.1) is 12.2 Å². The van der Waals surface area contributed by atoms with Crippen molar-refractivity contribution in [2.24, 2.45) is 5.41 Å². The summed E-state index contributed by atoms with van der Waals surface area (Å²) in [5.74, 6) is 0. The van der Waals surface area contributed by atoms with Crippen LogP contribution >= 0.6 is 0 Å². The molecule has 1 aromatic heterocycles. The van der Waals surface area contributed by atoms with Gasteiger partial charge in [0.25, 0.3) is 0 Å². The fourth-order valence-corrected chi connectivity index (χ4v) is 4.97. The summed E-state index contributed by atoms with van der Waals surface area (Å²) < 4.78 is 7.59. The molecule has 0 unspecified atom stereocenters. The van der Waals surface area contributed by atoms with E-state index in [1.807, 2.05) is 15.8 Å². The standard InChI is InChI=1S/C19H30N4O2/c1-15-12-20-23(13-15)16-4-3-9-22(14-16)18(24)21-17-5-2-6-19(17)7-10-25-11-8-19/h12-13,16-17H,2-11,14H2,1H3,(H,21,24)/t16-,17-/m1/s1. The molecule has 3 heterocycles. The second kappa shape index (κ2) is 6.98. The zero-order chi connectivity index (χ0) is 17.3. The lowest BCUT2D eigenvalue weighted by molar-refractivity contribution is 0.00517. The molecule has 0 aromatic carbocycles. The Labute approximate surface area is 149 Å². The molecule has 3 fully saturated rings. The van der Waals surface area contributed by atoms with Crippen LogP contribution in [0.2, 0.25) is 0 Å². The van der Waals surface area contributed by atoms with Crippen LogP contribution in [0.15, 0.2) is 12.4 Å². The summed E-state index contributed by atoms with van der Waals surface area (Å²) in [6, 6.07) is 0.733. The monoisotopic (exact) mass is 346 g/mol. The van der Waals surface area contributed by atoms with Crippen LogP contribution in [0, 0.1) is 12.3 Å². The van der Waals surface area contributed by atoms with Crippen molar-refractivity contribution >= 4 is 6.03 Å². The van der Waals surface area contributed by atoms with Gasteiger partial charge in [-0.25, -0.2) is 4.79 Å². The lowest BCUT2D eigenvalue weighted by Crippen LogP contribution is -2.53. The van der Waals surface area contributed by atoms with Crippen LogP contribution in [-0.4, -0.2) is 53.1 Å². The zero-order valence-corrected chi connectivity index (χ0v) is 15.2. The van der Waals surface area contributed by atoms with Gasteiger partial charge in [0, 0.05) is 38.5 Å². The summed E-state index contributed by atoms with van der Waals surface area (Å²) in [7, 11) is 0. The van der Waals surface area contributed by atoms with Crippen LogP contribution in [0.1, 0.15) is 56.6 Å². The van der Waals surface area contributed by atoms with Gasteiger partial charge < -0.3 is 15.0 Å². The Morgan fingerprint density at radius 2 is 2.12 bits per heavy atom. The number of nitrogens with one attached hydrogen (secondary N) is 1. The minimum absolute atomic E-state index is 0.117. The normalized spacial score (nSPS) is 29.1. The topological polar surface area (TPSA) is 59.4 Å². The van der Waals surface area contributed by atoms with E-state index in [2.05, 4.69) is 23.5 Å². The summed E-state index contributed by atoms with van der Waals surface area (Å²) in [5.41, 5.74) is 1.45. The Morgan fingerprint density at radius 1 is 1.28 bits per heavy atom. The van der Waals surface area contributed by atoms with Gasteiger partial charge in [0.2, 0.25) is 0 Å². The van der Waals surface area contributed by atoms with Crippen molar-refractivity contribution in [1.29, 1.82) is 0 Å². The third-order valence-electron chi connectivity index (χ3n) is 6.48. The quantitative estimate of drug-likeness (QED) is 0.896. The number of ether oxygens (including phenoxy) is 1. The summed E-state index contributed by atoms with van der Waals surface area (Å²) in [6.07, 6.45) is 11.9. The third kappa shape index (κ3) is 3.41. The molecule has 6 nitrogen and oxygen atoms in total. The van der Waals surface area contributed by atoms with Crippen molar-refractivity contribution in [2.45, 2.75) is 64.0 Å². The van der Waals surface area contributed by atoms with Gasteiger partial charge in [-0.05, 0) is 56.4 Å². The Bertz CT molecular complexity index is 608. The number of likely N-dealkylation sites (tertiary alicyclic amines) is 1. The highest BCUT2D eigenvalue weighted by molar-refractivity contribution is 5.74. The summed E-state index contributed by atoms with van der Waals surface area (Å²) >= 11 is 0. The van der Waals surface area contributed by atoms with Crippen molar-refractivity contribution in [2.75, 3.05) is 26.3 Å². The molecule has 2 aliphatic heterocycles. The molecule has 1 aliphatic carbocycles. The molecule has 138 valence electrons. The SMILES string of the molecule is Cc1cnn([C@@H]2CCCN(C(=O)N[C@@H]3CCCC34CCOCC4)C2)c1. The second-order valence-corrected chi connectivity index (χ2v) is 8.11. The van der Waals surface area contributed by atoms with Crippen LogP contribution in [-0.2, 0) is 4.74 Å². The Kier molecular flexibility index (Phi) is 4.71. The zero-order valence-electron chi connectivity index (χ0n) is 15.2. The number of hydrogen-bond acceptors (Lipinski definition) is 3. The summed E-state index contributed by atoms with van der Waals surface area (Å²) in [4.78, 5) is 14.9. The predicted octanol–water partition coefficient (Wildman–Crippen LogP) is 2.89. The Hall–Kier alpha value is -1.56. The molecule has 0 bridgehead atoms. The van der Waals surface area contributed by atoms with Crippen molar-refractivity contribution < 1.29 is 9.53 Å². The predicted molar refractivity (Wildman–Crippen MR) is 95.5 cm³/mol. The highest BCUT2D eigenvalue weighted by Gasteiger charge is 2.45. The van der Waals surface area contributed by atoms with Gasteiger partial charge in [-0.15, -0.1) is 0 Å². The molecule has 2 amide bonds. The molecular formula is C19H30N4O2. The molecule has 3 aliphatic rings. The van der Waals surface area contributed by atoms with Crippen molar-refractivity contribution in [3.8, 4) is 0 Å². The maximum atomic E-state index is 12.9. The average molecular weight is 346 g/mol. The molecule has 1 N–H and O–H groups in total. The van der Waals surface area contributed by atoms with Crippen LogP contribution in [0.5, 0.6) is 0 Å². The lowest BCUT2D eigenvalue weighted by atomic mass is 9.75. The van der Waals surface area contributed by atoms with E-state index in [0.29, 0.717) is 12.1 Å². The number of amides is 2.